The summed E-state index contributed by atoms with van der Waals surface area (Å²) in [5, 5.41) is 0. The van der Waals surface area contributed by atoms with Crippen molar-refractivity contribution in [3.63, 3.8) is 0 Å². The van der Waals surface area contributed by atoms with Crippen molar-refractivity contribution in [3.05, 3.63) is 74.2 Å². The highest BCUT2D eigenvalue weighted by molar-refractivity contribution is 5.91. The summed E-state index contributed by atoms with van der Waals surface area (Å²) in [6.45, 7) is 12.8. The van der Waals surface area contributed by atoms with Gasteiger partial charge in [0.15, 0.2) is 0 Å². The van der Waals surface area contributed by atoms with E-state index in [4.69, 9.17) is 9.47 Å². The molecule has 1 aromatic carbocycles. The van der Waals surface area contributed by atoms with Crippen molar-refractivity contribution in [2.45, 2.75) is 92.7 Å². The van der Waals surface area contributed by atoms with Gasteiger partial charge in [0.05, 0.1) is 17.8 Å². The number of carbonyl (C=O) groups excluding carboxylic acids is 2. The molecule has 0 unspecified atom stereocenters. The molecule has 37 heavy (non-hydrogen) atoms. The molecule has 1 aromatic heterocycles. The summed E-state index contributed by atoms with van der Waals surface area (Å²) in [7, 11) is 0. The molecule has 6 nitrogen and oxygen atoms in total. The molecule has 2 aromatic rings. The van der Waals surface area contributed by atoms with Gasteiger partial charge in [-0.25, -0.2) is 0 Å². The van der Waals surface area contributed by atoms with Crippen molar-refractivity contribution < 1.29 is 19.1 Å². The first-order valence-corrected chi connectivity index (χ1v) is 13.3. The monoisotopic (exact) mass is 505 g/mol. The van der Waals surface area contributed by atoms with Crippen LogP contribution in [-0.4, -0.2) is 17.0 Å². The fourth-order valence-electron chi connectivity index (χ4n) is 5.27. The van der Waals surface area contributed by atoms with Crippen molar-refractivity contribution >= 4 is 23.6 Å². The van der Waals surface area contributed by atoms with E-state index in [1.807, 2.05) is 23.6 Å². The van der Waals surface area contributed by atoms with Crippen molar-refractivity contribution in [2.75, 3.05) is 0 Å². The SMILES string of the molecule is CCC/C=C1/C(=C(/CC)c2cc(OC(C)=O)ccc2C)Cn2c1cc([C@@H](C)CCC)c(COC=O)c2=O. The Labute approximate surface area is 220 Å². The van der Waals surface area contributed by atoms with Crippen molar-refractivity contribution in [1.29, 1.82) is 0 Å². The Kier molecular flexibility index (Phi) is 9.67. The number of benzene rings is 1. The van der Waals surface area contributed by atoms with E-state index in [2.05, 4.69) is 39.8 Å². The Bertz CT molecular complexity index is 1280. The third kappa shape index (κ3) is 6.12. The van der Waals surface area contributed by atoms with Crippen LogP contribution in [0.15, 0.2) is 40.7 Å². The maximum absolute atomic E-state index is 13.8. The minimum atomic E-state index is -0.359. The molecule has 3 rings (SSSR count). The van der Waals surface area contributed by atoms with Gasteiger partial charge in [-0.05, 0) is 83.7 Å². The van der Waals surface area contributed by atoms with Gasteiger partial charge < -0.3 is 14.0 Å². The third-order valence-corrected chi connectivity index (χ3v) is 7.05. The number of allylic oxidation sites excluding steroid dienone is 4. The number of esters is 1. The number of hydrogen-bond acceptors (Lipinski definition) is 5. The molecular formula is C31H39NO5. The minimum Gasteiger partial charge on any atom is -0.463 e. The summed E-state index contributed by atoms with van der Waals surface area (Å²) in [5.74, 6) is 0.320. The van der Waals surface area contributed by atoms with Gasteiger partial charge in [-0.15, -0.1) is 0 Å². The van der Waals surface area contributed by atoms with Crippen LogP contribution in [0.2, 0.25) is 0 Å². The largest absolute Gasteiger partial charge is 0.463 e. The number of aromatic nitrogens is 1. The molecule has 0 fully saturated rings. The summed E-state index contributed by atoms with van der Waals surface area (Å²) >= 11 is 0. The standard InChI is InChI=1S/C31H39NO5/c1-7-10-12-25-28(24(9-3)26-15-23(37-22(6)34)14-13-21(26)5)17-32-30(25)16-27(20(4)11-8-2)29(31(32)35)18-36-19-33/h12-16,19-20H,7-11,17-18H2,1-6H3/b25-12-,28-24-/t20-/m0/s1. The van der Waals surface area contributed by atoms with Gasteiger partial charge >= 0.3 is 5.97 Å². The number of nitrogens with zero attached hydrogens (tertiary/aromatic N) is 1. The average Bonchev–Trinajstić information content (AvgIpc) is 3.22. The molecule has 1 aliphatic heterocycles. The fourth-order valence-corrected chi connectivity index (χ4v) is 5.27. The summed E-state index contributed by atoms with van der Waals surface area (Å²) < 4.78 is 12.3. The third-order valence-electron chi connectivity index (χ3n) is 7.05. The predicted octanol–water partition coefficient (Wildman–Crippen LogP) is 6.72. The van der Waals surface area contributed by atoms with Crippen LogP contribution in [0, 0.1) is 6.92 Å². The molecule has 0 amide bonds. The summed E-state index contributed by atoms with van der Waals surface area (Å²) in [5.41, 5.74) is 7.75. The maximum Gasteiger partial charge on any atom is 0.308 e. The quantitative estimate of drug-likeness (QED) is 0.193. The molecule has 0 bridgehead atoms. The van der Waals surface area contributed by atoms with Crippen molar-refractivity contribution in [3.8, 4) is 5.75 Å². The number of fused-ring (bicyclic) bond motifs is 1. The maximum atomic E-state index is 13.8. The van der Waals surface area contributed by atoms with Gasteiger partial charge in [-0.1, -0.05) is 52.7 Å². The van der Waals surface area contributed by atoms with Gasteiger partial charge in [0.25, 0.3) is 12.0 Å². The molecular weight excluding hydrogens is 466 g/mol. The highest BCUT2D eigenvalue weighted by Gasteiger charge is 2.29. The molecule has 0 spiro atoms. The number of carbonyl (C=O) groups is 2. The Morgan fingerprint density at radius 2 is 1.92 bits per heavy atom. The second-order valence-corrected chi connectivity index (χ2v) is 9.74. The lowest BCUT2D eigenvalue weighted by Crippen LogP contribution is -2.26. The normalized spacial score (nSPS) is 15.9. The van der Waals surface area contributed by atoms with Crippen LogP contribution >= 0.6 is 0 Å². The van der Waals surface area contributed by atoms with E-state index >= 15 is 0 Å². The molecule has 1 aliphatic rings. The fraction of sp³-hybridized carbons (Fsp3) is 0.452. The molecule has 6 heteroatoms. The summed E-state index contributed by atoms with van der Waals surface area (Å²) in [4.78, 5) is 36.4. The molecule has 0 radical (unpaired) electrons. The number of aryl methyl sites for hydroxylation is 1. The van der Waals surface area contributed by atoms with Crippen LogP contribution in [0.25, 0.3) is 11.1 Å². The first kappa shape index (κ1) is 28.2. The van der Waals surface area contributed by atoms with Crippen LogP contribution in [0.4, 0.5) is 0 Å². The molecule has 2 heterocycles. The number of ether oxygens (including phenoxy) is 2. The van der Waals surface area contributed by atoms with E-state index in [1.54, 1.807) is 6.07 Å². The van der Waals surface area contributed by atoms with Gasteiger partial charge in [0.1, 0.15) is 12.4 Å². The van der Waals surface area contributed by atoms with E-state index in [9.17, 15) is 14.4 Å². The first-order valence-electron chi connectivity index (χ1n) is 13.3. The van der Waals surface area contributed by atoms with Crippen LogP contribution in [0.3, 0.4) is 0 Å². The van der Waals surface area contributed by atoms with E-state index < -0.39 is 0 Å². The minimum absolute atomic E-state index is 0.0246. The first-order chi connectivity index (χ1) is 17.8. The molecule has 0 saturated heterocycles. The van der Waals surface area contributed by atoms with E-state index in [1.165, 1.54) is 6.92 Å². The molecule has 1 atom stereocenters. The lowest BCUT2D eigenvalue weighted by Gasteiger charge is -2.18. The van der Waals surface area contributed by atoms with Crippen LogP contribution < -0.4 is 10.3 Å². The number of rotatable bonds is 11. The topological polar surface area (TPSA) is 74.6 Å². The lowest BCUT2D eigenvalue weighted by molar-refractivity contribution is -0.132. The molecule has 0 saturated carbocycles. The highest BCUT2D eigenvalue weighted by atomic mass is 16.5. The number of unbranched alkanes of at least 4 members (excludes halogenated alkanes) is 1. The van der Waals surface area contributed by atoms with Crippen LogP contribution in [0.5, 0.6) is 5.75 Å². The second kappa shape index (κ2) is 12.7. The van der Waals surface area contributed by atoms with E-state index in [0.717, 1.165) is 71.2 Å². The number of pyridine rings is 1. The Morgan fingerprint density at radius 3 is 2.54 bits per heavy atom. The zero-order valence-electron chi connectivity index (χ0n) is 23.0. The van der Waals surface area contributed by atoms with Crippen LogP contribution in [0.1, 0.15) is 101 Å². The van der Waals surface area contributed by atoms with Gasteiger partial charge in [0.2, 0.25) is 0 Å². The molecule has 0 aliphatic carbocycles. The van der Waals surface area contributed by atoms with E-state index in [0.29, 0.717) is 24.3 Å². The van der Waals surface area contributed by atoms with Gasteiger partial charge in [0, 0.05) is 6.92 Å². The Hall–Kier alpha value is -3.41. The highest BCUT2D eigenvalue weighted by Crippen LogP contribution is 2.41. The van der Waals surface area contributed by atoms with Gasteiger partial charge in [-0.2, -0.15) is 0 Å². The summed E-state index contributed by atoms with van der Waals surface area (Å²) in [6, 6.07) is 7.83. The Balaban J connectivity index is 2.28. The number of hydrogen-bond donors (Lipinski definition) is 0. The zero-order chi connectivity index (χ0) is 27.1. The molecule has 0 N–H and O–H groups in total. The van der Waals surface area contributed by atoms with Gasteiger partial charge in [-0.3, -0.25) is 14.4 Å². The second-order valence-electron chi connectivity index (χ2n) is 9.74. The molecule has 198 valence electrons. The smallest absolute Gasteiger partial charge is 0.308 e. The zero-order valence-corrected chi connectivity index (χ0v) is 23.0. The predicted molar refractivity (Wildman–Crippen MR) is 147 cm³/mol. The van der Waals surface area contributed by atoms with Crippen molar-refractivity contribution in [2.24, 2.45) is 0 Å². The van der Waals surface area contributed by atoms with E-state index in [-0.39, 0.29) is 24.1 Å². The summed E-state index contributed by atoms with van der Waals surface area (Å²) in [6.07, 6.45) is 6.82. The Morgan fingerprint density at radius 1 is 1.16 bits per heavy atom. The van der Waals surface area contributed by atoms with Crippen LogP contribution in [-0.2, 0) is 27.5 Å². The lowest BCUT2D eigenvalue weighted by atomic mass is 9.88. The average molecular weight is 506 g/mol. The van der Waals surface area contributed by atoms with Crippen molar-refractivity contribution in [1.82, 2.24) is 4.57 Å².